The van der Waals surface area contributed by atoms with Crippen LogP contribution in [0.1, 0.15) is 35.3 Å². The molecule has 0 unspecified atom stereocenters. The molecule has 0 aliphatic rings. The quantitative estimate of drug-likeness (QED) is 0.856. The van der Waals surface area contributed by atoms with Crippen molar-refractivity contribution in [1.29, 1.82) is 0 Å². The van der Waals surface area contributed by atoms with E-state index in [9.17, 15) is 4.79 Å². The third kappa shape index (κ3) is 4.96. The topological polar surface area (TPSA) is 55.1 Å². The molecular formula is C18H22Cl2N2O. The number of benzene rings is 2. The Morgan fingerprint density at radius 1 is 1.13 bits per heavy atom. The van der Waals surface area contributed by atoms with Crippen molar-refractivity contribution in [1.82, 2.24) is 5.32 Å². The Labute approximate surface area is 148 Å². The van der Waals surface area contributed by atoms with Gasteiger partial charge in [0.1, 0.15) is 0 Å². The molecule has 124 valence electrons. The molecule has 0 atom stereocenters. The molecule has 1 amide bonds. The lowest BCUT2D eigenvalue weighted by Gasteiger charge is -2.26. The van der Waals surface area contributed by atoms with Crippen molar-refractivity contribution < 1.29 is 4.79 Å². The van der Waals surface area contributed by atoms with Gasteiger partial charge in [-0.3, -0.25) is 4.79 Å². The minimum absolute atomic E-state index is 0. The Morgan fingerprint density at radius 3 is 2.30 bits per heavy atom. The molecule has 23 heavy (non-hydrogen) atoms. The van der Waals surface area contributed by atoms with E-state index >= 15 is 0 Å². The normalized spacial score (nSPS) is 10.8. The SMILES string of the molecule is CC(C)(CNC(=O)c1ccc(CN)cc1)c1ccccc1Cl.Cl. The van der Waals surface area contributed by atoms with Gasteiger partial charge in [-0.15, -0.1) is 12.4 Å². The second-order valence-corrected chi connectivity index (χ2v) is 6.35. The summed E-state index contributed by atoms with van der Waals surface area (Å²) in [4.78, 5) is 12.2. The summed E-state index contributed by atoms with van der Waals surface area (Å²) in [5.74, 6) is -0.0938. The number of rotatable bonds is 5. The van der Waals surface area contributed by atoms with Gasteiger partial charge in [-0.25, -0.2) is 0 Å². The standard InChI is InChI=1S/C18H21ClN2O.ClH/c1-18(2,15-5-3-4-6-16(15)19)12-21-17(22)14-9-7-13(11-20)8-10-14;/h3-10H,11-12,20H2,1-2H3,(H,21,22);1H. The zero-order valence-electron chi connectivity index (χ0n) is 13.3. The van der Waals surface area contributed by atoms with Crippen molar-refractivity contribution in [2.75, 3.05) is 6.54 Å². The molecule has 2 rings (SSSR count). The van der Waals surface area contributed by atoms with Gasteiger partial charge < -0.3 is 11.1 Å². The van der Waals surface area contributed by atoms with Crippen LogP contribution in [0.3, 0.4) is 0 Å². The first-order chi connectivity index (χ1) is 10.4. The van der Waals surface area contributed by atoms with Crippen LogP contribution in [0, 0.1) is 0 Å². The molecule has 3 nitrogen and oxygen atoms in total. The largest absolute Gasteiger partial charge is 0.351 e. The monoisotopic (exact) mass is 352 g/mol. The molecule has 2 aromatic rings. The number of carbonyl (C=O) groups excluding carboxylic acids is 1. The highest BCUT2D eigenvalue weighted by Gasteiger charge is 2.23. The third-order valence-electron chi connectivity index (χ3n) is 3.75. The summed E-state index contributed by atoms with van der Waals surface area (Å²) in [6.45, 7) is 5.10. The van der Waals surface area contributed by atoms with Crippen molar-refractivity contribution in [2.24, 2.45) is 5.73 Å². The van der Waals surface area contributed by atoms with E-state index in [4.69, 9.17) is 17.3 Å². The van der Waals surface area contributed by atoms with Crippen LogP contribution in [-0.4, -0.2) is 12.5 Å². The first kappa shape index (κ1) is 19.5. The lowest BCUT2D eigenvalue weighted by Crippen LogP contribution is -2.36. The predicted octanol–water partition coefficient (Wildman–Crippen LogP) is 3.93. The number of carbonyl (C=O) groups is 1. The summed E-state index contributed by atoms with van der Waals surface area (Å²) in [5, 5.41) is 3.69. The summed E-state index contributed by atoms with van der Waals surface area (Å²) in [6, 6.07) is 15.0. The van der Waals surface area contributed by atoms with Gasteiger partial charge in [-0.1, -0.05) is 55.8 Å². The molecule has 0 aliphatic heterocycles. The van der Waals surface area contributed by atoms with Crippen LogP contribution >= 0.6 is 24.0 Å². The molecule has 0 aromatic heterocycles. The molecule has 0 fully saturated rings. The fraction of sp³-hybridized carbons (Fsp3) is 0.278. The highest BCUT2D eigenvalue weighted by molar-refractivity contribution is 6.31. The van der Waals surface area contributed by atoms with Crippen LogP contribution in [0.15, 0.2) is 48.5 Å². The molecule has 0 spiro atoms. The van der Waals surface area contributed by atoms with Gasteiger partial charge in [-0.2, -0.15) is 0 Å². The smallest absolute Gasteiger partial charge is 0.251 e. The number of nitrogens with two attached hydrogens (primary N) is 1. The first-order valence-electron chi connectivity index (χ1n) is 7.26. The maximum absolute atomic E-state index is 12.2. The minimum atomic E-state index is -0.245. The van der Waals surface area contributed by atoms with Gasteiger partial charge in [0.2, 0.25) is 0 Å². The van der Waals surface area contributed by atoms with E-state index in [-0.39, 0.29) is 23.7 Å². The van der Waals surface area contributed by atoms with Gasteiger partial charge in [0, 0.05) is 29.1 Å². The Balaban J connectivity index is 0.00000264. The maximum atomic E-state index is 12.2. The molecule has 3 N–H and O–H groups in total. The van der Waals surface area contributed by atoms with E-state index in [1.807, 2.05) is 36.4 Å². The van der Waals surface area contributed by atoms with Crippen molar-refractivity contribution in [3.8, 4) is 0 Å². The highest BCUT2D eigenvalue weighted by atomic mass is 35.5. The third-order valence-corrected chi connectivity index (χ3v) is 4.08. The second kappa shape index (κ2) is 8.34. The summed E-state index contributed by atoms with van der Waals surface area (Å²) in [5.41, 5.74) is 7.97. The Hall–Kier alpha value is -1.55. The molecule has 0 radical (unpaired) electrons. The predicted molar refractivity (Wildman–Crippen MR) is 98.4 cm³/mol. The molecular weight excluding hydrogens is 331 g/mol. The zero-order chi connectivity index (χ0) is 16.2. The zero-order valence-corrected chi connectivity index (χ0v) is 14.9. The van der Waals surface area contributed by atoms with Crippen LogP contribution in [0.5, 0.6) is 0 Å². The Kier molecular flexibility index (Phi) is 7.07. The van der Waals surface area contributed by atoms with Gasteiger partial charge in [0.15, 0.2) is 0 Å². The summed E-state index contributed by atoms with van der Waals surface area (Å²) in [6.07, 6.45) is 0. The van der Waals surface area contributed by atoms with Crippen molar-refractivity contribution >= 4 is 29.9 Å². The second-order valence-electron chi connectivity index (χ2n) is 5.95. The fourth-order valence-electron chi connectivity index (χ4n) is 2.30. The number of nitrogens with one attached hydrogen (secondary N) is 1. The summed E-state index contributed by atoms with van der Waals surface area (Å²) < 4.78 is 0. The lowest BCUT2D eigenvalue weighted by molar-refractivity contribution is 0.0945. The van der Waals surface area contributed by atoms with Gasteiger partial charge >= 0.3 is 0 Å². The minimum Gasteiger partial charge on any atom is -0.351 e. The molecule has 2 aromatic carbocycles. The Bertz CT molecular complexity index is 654. The first-order valence-corrected chi connectivity index (χ1v) is 7.64. The maximum Gasteiger partial charge on any atom is 0.251 e. The highest BCUT2D eigenvalue weighted by Crippen LogP contribution is 2.29. The van der Waals surface area contributed by atoms with Crippen molar-refractivity contribution in [3.63, 3.8) is 0 Å². The lowest BCUT2D eigenvalue weighted by atomic mass is 9.84. The molecule has 0 heterocycles. The average molecular weight is 353 g/mol. The van der Waals surface area contributed by atoms with Crippen LogP contribution in [0.4, 0.5) is 0 Å². The number of hydrogen-bond donors (Lipinski definition) is 2. The van der Waals surface area contributed by atoms with E-state index < -0.39 is 0 Å². The molecule has 0 aliphatic carbocycles. The van der Waals surface area contributed by atoms with E-state index in [2.05, 4.69) is 19.2 Å². The van der Waals surface area contributed by atoms with Crippen molar-refractivity contribution in [2.45, 2.75) is 25.8 Å². The van der Waals surface area contributed by atoms with E-state index in [0.29, 0.717) is 23.7 Å². The van der Waals surface area contributed by atoms with Gasteiger partial charge in [0.25, 0.3) is 5.91 Å². The van der Waals surface area contributed by atoms with Crippen LogP contribution in [-0.2, 0) is 12.0 Å². The molecule has 0 bridgehead atoms. The number of halogens is 2. The molecule has 5 heteroatoms. The van der Waals surface area contributed by atoms with Crippen LogP contribution < -0.4 is 11.1 Å². The van der Waals surface area contributed by atoms with E-state index in [1.54, 1.807) is 12.1 Å². The van der Waals surface area contributed by atoms with Crippen molar-refractivity contribution in [3.05, 3.63) is 70.2 Å². The number of amides is 1. The average Bonchev–Trinajstić information content (AvgIpc) is 2.53. The van der Waals surface area contributed by atoms with Crippen LogP contribution in [0.2, 0.25) is 5.02 Å². The summed E-state index contributed by atoms with van der Waals surface area (Å²) in [7, 11) is 0. The molecule has 0 saturated heterocycles. The molecule has 0 saturated carbocycles. The number of hydrogen-bond acceptors (Lipinski definition) is 2. The van der Waals surface area contributed by atoms with Gasteiger partial charge in [-0.05, 0) is 29.3 Å². The fourth-order valence-corrected chi connectivity index (χ4v) is 2.69. The Morgan fingerprint density at radius 2 is 1.74 bits per heavy atom. The van der Waals surface area contributed by atoms with E-state index in [1.165, 1.54) is 0 Å². The van der Waals surface area contributed by atoms with Crippen LogP contribution in [0.25, 0.3) is 0 Å². The summed E-state index contributed by atoms with van der Waals surface area (Å²) >= 11 is 6.25. The van der Waals surface area contributed by atoms with Gasteiger partial charge in [0.05, 0.1) is 0 Å². The van der Waals surface area contributed by atoms with E-state index in [0.717, 1.165) is 11.1 Å².